The van der Waals surface area contributed by atoms with Crippen LogP contribution in [0.25, 0.3) is 11.1 Å². The lowest BCUT2D eigenvalue weighted by Gasteiger charge is -2.14. The smallest absolute Gasteiger partial charge is 0.337 e. The number of carbonyl (C=O) groups is 1. The zero-order chi connectivity index (χ0) is 22.4. The van der Waals surface area contributed by atoms with Gasteiger partial charge in [0.25, 0.3) is 0 Å². The molecule has 162 valence electrons. The Labute approximate surface area is 183 Å². The molecule has 10 heteroatoms. The van der Waals surface area contributed by atoms with E-state index < -0.39 is 11.8 Å². The minimum atomic E-state index is -1.08. The van der Waals surface area contributed by atoms with Crippen molar-refractivity contribution in [3.63, 3.8) is 0 Å². The van der Waals surface area contributed by atoms with Crippen molar-refractivity contribution in [3.05, 3.63) is 59.3 Å². The van der Waals surface area contributed by atoms with E-state index in [9.17, 15) is 14.3 Å². The number of carboxylic acid groups (broad SMARTS) is 1. The zero-order valence-electron chi connectivity index (χ0n) is 16.9. The van der Waals surface area contributed by atoms with E-state index in [1.165, 1.54) is 36.7 Å². The number of benzene rings is 1. The van der Waals surface area contributed by atoms with Gasteiger partial charge < -0.3 is 20.5 Å². The monoisotopic (exact) mass is 445 g/mol. The second-order valence-electron chi connectivity index (χ2n) is 6.82. The fourth-order valence-corrected chi connectivity index (χ4v) is 2.84. The van der Waals surface area contributed by atoms with Gasteiger partial charge in [0.15, 0.2) is 0 Å². The van der Waals surface area contributed by atoms with Crippen LogP contribution < -0.4 is 10.6 Å². The lowest BCUT2D eigenvalue weighted by Crippen LogP contribution is -2.15. The Hall–Kier alpha value is -3.30. The summed E-state index contributed by atoms with van der Waals surface area (Å²) in [5.74, 6) is -0.896. The van der Waals surface area contributed by atoms with Crippen molar-refractivity contribution in [2.75, 3.05) is 23.8 Å². The van der Waals surface area contributed by atoms with E-state index in [1.54, 1.807) is 6.20 Å². The van der Waals surface area contributed by atoms with Gasteiger partial charge in [0, 0.05) is 41.9 Å². The Morgan fingerprint density at radius 1 is 1.26 bits per heavy atom. The van der Waals surface area contributed by atoms with E-state index in [2.05, 4.69) is 25.6 Å². The Balaban J connectivity index is 1.91. The van der Waals surface area contributed by atoms with Gasteiger partial charge in [-0.15, -0.1) is 0 Å². The standard InChI is InChI=1S/C21H21ClFN5O3/c1-12(2)31-6-5-25-19-16(13-7-14(20(29)30)10-24-9-13)11-26-21(28-19)27-15-3-4-18(23)17(22)8-15/h3-4,7-12H,5-6H2,1-2H3,(H,29,30)(H2,25,26,27,28). The molecule has 1 aromatic carbocycles. The van der Waals surface area contributed by atoms with Gasteiger partial charge in [-0.25, -0.2) is 14.2 Å². The largest absolute Gasteiger partial charge is 0.478 e. The summed E-state index contributed by atoms with van der Waals surface area (Å²) < 4.78 is 18.9. The van der Waals surface area contributed by atoms with E-state index in [0.29, 0.717) is 35.8 Å². The van der Waals surface area contributed by atoms with Crippen LogP contribution in [0.3, 0.4) is 0 Å². The quantitative estimate of drug-likeness (QED) is 0.410. The molecule has 0 saturated heterocycles. The van der Waals surface area contributed by atoms with Gasteiger partial charge in [-0.3, -0.25) is 4.98 Å². The van der Waals surface area contributed by atoms with Crippen LogP contribution in [0.2, 0.25) is 5.02 Å². The Morgan fingerprint density at radius 2 is 2.06 bits per heavy atom. The lowest BCUT2D eigenvalue weighted by molar-refractivity contribution is 0.0696. The number of hydrogen-bond acceptors (Lipinski definition) is 7. The summed E-state index contributed by atoms with van der Waals surface area (Å²) in [6.07, 6.45) is 4.44. The predicted molar refractivity (Wildman–Crippen MR) is 116 cm³/mol. The van der Waals surface area contributed by atoms with Gasteiger partial charge in [0.2, 0.25) is 5.95 Å². The number of nitrogens with zero attached hydrogens (tertiary/aromatic N) is 3. The highest BCUT2D eigenvalue weighted by Gasteiger charge is 2.13. The van der Waals surface area contributed by atoms with Crippen LogP contribution in [0, 0.1) is 5.82 Å². The summed E-state index contributed by atoms with van der Waals surface area (Å²) in [7, 11) is 0. The fraction of sp³-hybridized carbons (Fsp3) is 0.238. The highest BCUT2D eigenvalue weighted by Crippen LogP contribution is 2.28. The van der Waals surface area contributed by atoms with Crippen LogP contribution in [0.1, 0.15) is 24.2 Å². The number of hydrogen-bond donors (Lipinski definition) is 3. The Kier molecular flexibility index (Phi) is 7.32. The molecule has 0 spiro atoms. The molecule has 0 bridgehead atoms. The van der Waals surface area contributed by atoms with Crippen LogP contribution in [-0.4, -0.2) is 45.3 Å². The number of ether oxygens (including phenoxy) is 1. The SMILES string of the molecule is CC(C)OCCNc1nc(Nc2ccc(F)c(Cl)c2)ncc1-c1cncc(C(=O)O)c1. The Bertz CT molecular complexity index is 1080. The van der Waals surface area contributed by atoms with Crippen molar-refractivity contribution in [1.29, 1.82) is 0 Å². The third-order valence-corrected chi connectivity index (χ3v) is 4.40. The molecule has 0 unspecified atom stereocenters. The first-order valence-corrected chi connectivity index (χ1v) is 9.84. The molecule has 0 fully saturated rings. The fourth-order valence-electron chi connectivity index (χ4n) is 2.66. The highest BCUT2D eigenvalue weighted by molar-refractivity contribution is 6.31. The third-order valence-electron chi connectivity index (χ3n) is 4.11. The normalized spacial score (nSPS) is 10.9. The van der Waals surface area contributed by atoms with Crippen molar-refractivity contribution in [1.82, 2.24) is 15.0 Å². The van der Waals surface area contributed by atoms with Crippen LogP contribution in [0.5, 0.6) is 0 Å². The number of pyridine rings is 1. The van der Waals surface area contributed by atoms with Crippen LogP contribution in [0.4, 0.5) is 21.8 Å². The molecule has 0 aliphatic heterocycles. The summed E-state index contributed by atoms with van der Waals surface area (Å²) in [4.78, 5) is 24.1. The van der Waals surface area contributed by atoms with Gasteiger partial charge in [-0.05, 0) is 38.1 Å². The molecule has 2 aromatic heterocycles. The lowest BCUT2D eigenvalue weighted by atomic mass is 10.1. The predicted octanol–water partition coefficient (Wildman–Crippen LogP) is 4.61. The topological polar surface area (TPSA) is 109 Å². The third kappa shape index (κ3) is 6.09. The number of nitrogens with one attached hydrogen (secondary N) is 2. The van der Waals surface area contributed by atoms with Gasteiger partial charge in [0.1, 0.15) is 11.6 Å². The maximum absolute atomic E-state index is 13.4. The minimum absolute atomic E-state index is 0.0256. The highest BCUT2D eigenvalue weighted by atomic mass is 35.5. The molecule has 31 heavy (non-hydrogen) atoms. The average molecular weight is 446 g/mol. The first-order valence-electron chi connectivity index (χ1n) is 9.47. The van der Waals surface area contributed by atoms with Crippen LogP contribution >= 0.6 is 11.6 Å². The molecule has 3 aromatic rings. The first-order chi connectivity index (χ1) is 14.8. The molecule has 3 N–H and O–H groups in total. The van der Waals surface area contributed by atoms with Crippen LogP contribution in [-0.2, 0) is 4.74 Å². The zero-order valence-corrected chi connectivity index (χ0v) is 17.7. The molecule has 0 saturated carbocycles. The number of halogens is 2. The van der Waals surface area contributed by atoms with Gasteiger partial charge >= 0.3 is 5.97 Å². The average Bonchev–Trinajstić information content (AvgIpc) is 2.74. The van der Waals surface area contributed by atoms with Crippen molar-refractivity contribution < 1.29 is 19.0 Å². The first kappa shape index (κ1) is 22.4. The summed E-state index contributed by atoms with van der Waals surface area (Å²) in [6.45, 7) is 4.80. The summed E-state index contributed by atoms with van der Waals surface area (Å²) in [5, 5.41) is 15.4. The maximum atomic E-state index is 13.4. The van der Waals surface area contributed by atoms with Gasteiger partial charge in [-0.1, -0.05) is 11.6 Å². The van der Waals surface area contributed by atoms with Crippen LogP contribution in [0.15, 0.2) is 42.9 Å². The molecule has 0 aliphatic rings. The van der Waals surface area contributed by atoms with Gasteiger partial charge in [0.05, 0.1) is 23.3 Å². The second kappa shape index (κ2) is 10.1. The molecule has 3 rings (SSSR count). The second-order valence-corrected chi connectivity index (χ2v) is 7.23. The number of carboxylic acids is 1. The summed E-state index contributed by atoms with van der Waals surface area (Å²) in [6, 6.07) is 5.68. The van der Waals surface area contributed by atoms with Crippen molar-refractivity contribution in [3.8, 4) is 11.1 Å². The van der Waals surface area contributed by atoms with Crippen molar-refractivity contribution >= 4 is 35.0 Å². The maximum Gasteiger partial charge on any atom is 0.337 e. The van der Waals surface area contributed by atoms with Crippen molar-refractivity contribution in [2.24, 2.45) is 0 Å². The van der Waals surface area contributed by atoms with Gasteiger partial charge in [-0.2, -0.15) is 4.98 Å². The molecular formula is C21H21ClFN5O3. The van der Waals surface area contributed by atoms with E-state index in [-0.39, 0.29) is 22.6 Å². The Morgan fingerprint density at radius 3 is 2.77 bits per heavy atom. The van der Waals surface area contributed by atoms with E-state index in [1.807, 2.05) is 13.8 Å². The van der Waals surface area contributed by atoms with E-state index in [4.69, 9.17) is 16.3 Å². The minimum Gasteiger partial charge on any atom is -0.478 e. The molecule has 2 heterocycles. The number of aromatic nitrogens is 3. The van der Waals surface area contributed by atoms with Crippen molar-refractivity contribution in [2.45, 2.75) is 20.0 Å². The number of aromatic carboxylic acids is 1. The van der Waals surface area contributed by atoms with E-state index in [0.717, 1.165) is 0 Å². The molecule has 0 aliphatic carbocycles. The molecule has 0 amide bonds. The molecular weight excluding hydrogens is 425 g/mol. The molecule has 0 radical (unpaired) electrons. The summed E-state index contributed by atoms with van der Waals surface area (Å²) in [5.41, 5.74) is 1.68. The number of rotatable bonds is 9. The molecule has 0 atom stereocenters. The molecule has 8 nitrogen and oxygen atoms in total. The van der Waals surface area contributed by atoms with E-state index >= 15 is 0 Å². The number of anilines is 3. The summed E-state index contributed by atoms with van der Waals surface area (Å²) >= 11 is 5.83.